The molecule has 2 heterocycles. The summed E-state index contributed by atoms with van der Waals surface area (Å²) in [5.74, 6) is 0.118. The largest absolute Gasteiger partial charge is 0.506 e. The van der Waals surface area contributed by atoms with Crippen molar-refractivity contribution in [1.29, 1.82) is 0 Å². The average Bonchev–Trinajstić information content (AvgIpc) is 2.42. The maximum Gasteiger partial charge on any atom is 0.209 e. The molecule has 1 amide bonds. The summed E-state index contributed by atoms with van der Waals surface area (Å²) < 4.78 is 14.4. The van der Waals surface area contributed by atoms with E-state index in [2.05, 4.69) is 10.3 Å². The second-order valence-electron chi connectivity index (χ2n) is 4.90. The highest BCUT2D eigenvalue weighted by molar-refractivity contribution is 5.47. The second kappa shape index (κ2) is 5.97. The average molecular weight is 267 g/mol. The van der Waals surface area contributed by atoms with Gasteiger partial charge in [0, 0.05) is 39.0 Å². The van der Waals surface area contributed by atoms with Crippen molar-refractivity contribution in [2.24, 2.45) is 0 Å². The fourth-order valence-corrected chi connectivity index (χ4v) is 2.14. The van der Waals surface area contributed by atoms with E-state index in [1.165, 1.54) is 6.20 Å². The van der Waals surface area contributed by atoms with Crippen LogP contribution in [0, 0.1) is 0 Å². The first-order chi connectivity index (χ1) is 9.11. The third-order valence-electron chi connectivity index (χ3n) is 3.40. The molecule has 0 spiro atoms. The molecule has 1 aromatic heterocycles. The van der Waals surface area contributed by atoms with Crippen LogP contribution >= 0.6 is 0 Å². The lowest BCUT2D eigenvalue weighted by molar-refractivity contribution is -0.120. The number of nitrogens with one attached hydrogen (secondary N) is 1. The number of carbonyl (C=O) groups excluding carboxylic acids is 1. The summed E-state index contributed by atoms with van der Waals surface area (Å²) in [6.45, 7) is 1.66. The van der Waals surface area contributed by atoms with Gasteiger partial charge in [0.2, 0.25) is 6.41 Å². The van der Waals surface area contributed by atoms with Gasteiger partial charge in [-0.25, -0.2) is 4.39 Å². The van der Waals surface area contributed by atoms with Gasteiger partial charge in [0.15, 0.2) is 0 Å². The Labute approximate surface area is 111 Å². The number of nitrogens with zero attached hydrogens (tertiary/aromatic N) is 2. The molecule has 1 aliphatic heterocycles. The zero-order valence-electron chi connectivity index (χ0n) is 10.7. The number of halogens is 1. The molecule has 1 fully saturated rings. The number of rotatable bonds is 5. The summed E-state index contributed by atoms with van der Waals surface area (Å²) in [6.07, 6.45) is 2.86. The molecule has 1 saturated heterocycles. The minimum atomic E-state index is -1.25. The predicted molar refractivity (Wildman–Crippen MR) is 68.3 cm³/mol. The molecule has 0 radical (unpaired) electrons. The number of amides is 1. The Kier molecular flexibility index (Phi) is 4.31. The minimum Gasteiger partial charge on any atom is -0.506 e. The van der Waals surface area contributed by atoms with Crippen molar-refractivity contribution < 1.29 is 14.3 Å². The molecule has 2 N–H and O–H groups in total. The van der Waals surface area contributed by atoms with E-state index in [1.54, 1.807) is 17.0 Å². The van der Waals surface area contributed by atoms with E-state index in [0.717, 1.165) is 12.1 Å². The van der Waals surface area contributed by atoms with Crippen LogP contribution in [0.2, 0.25) is 0 Å². The molecule has 104 valence electrons. The van der Waals surface area contributed by atoms with Gasteiger partial charge in [-0.05, 0) is 12.1 Å². The van der Waals surface area contributed by atoms with Crippen LogP contribution in [0.4, 0.5) is 4.39 Å². The Balaban J connectivity index is 1.76. The van der Waals surface area contributed by atoms with Gasteiger partial charge in [-0.15, -0.1) is 0 Å². The number of pyridine rings is 1. The lowest BCUT2D eigenvalue weighted by Gasteiger charge is -2.34. The zero-order chi connectivity index (χ0) is 13.7. The van der Waals surface area contributed by atoms with Crippen molar-refractivity contribution in [3.05, 3.63) is 24.0 Å². The van der Waals surface area contributed by atoms with E-state index in [9.17, 15) is 9.18 Å². The molecule has 0 atom stereocenters. The van der Waals surface area contributed by atoms with Crippen LogP contribution in [0.3, 0.4) is 0 Å². The van der Waals surface area contributed by atoms with Crippen LogP contribution in [-0.2, 0) is 11.3 Å². The molecule has 0 bridgehead atoms. The SMILES string of the molecule is O=CN1CCC(F)(CNCc2ccc(O)cn2)CC1. The number of hydrogen-bond acceptors (Lipinski definition) is 4. The summed E-state index contributed by atoms with van der Waals surface area (Å²) >= 11 is 0. The van der Waals surface area contributed by atoms with Gasteiger partial charge < -0.3 is 15.3 Å². The van der Waals surface area contributed by atoms with E-state index in [1.807, 2.05) is 0 Å². The van der Waals surface area contributed by atoms with Crippen molar-refractivity contribution in [3.63, 3.8) is 0 Å². The normalized spacial score (nSPS) is 18.3. The van der Waals surface area contributed by atoms with Crippen LogP contribution in [0.15, 0.2) is 18.3 Å². The van der Waals surface area contributed by atoms with E-state index in [4.69, 9.17) is 5.11 Å². The lowest BCUT2D eigenvalue weighted by atomic mass is 9.93. The van der Waals surface area contributed by atoms with Crippen LogP contribution in [0.5, 0.6) is 5.75 Å². The molecular formula is C13H18FN3O2. The third kappa shape index (κ3) is 3.89. The summed E-state index contributed by atoms with van der Waals surface area (Å²) in [5.41, 5.74) is -0.497. The molecule has 1 aliphatic rings. The summed E-state index contributed by atoms with van der Waals surface area (Å²) in [5, 5.41) is 12.1. The van der Waals surface area contributed by atoms with Crippen LogP contribution in [0.1, 0.15) is 18.5 Å². The van der Waals surface area contributed by atoms with Crippen molar-refractivity contribution in [1.82, 2.24) is 15.2 Å². The summed E-state index contributed by atoms with van der Waals surface area (Å²) in [6, 6.07) is 3.25. The lowest BCUT2D eigenvalue weighted by Crippen LogP contribution is -2.46. The van der Waals surface area contributed by atoms with E-state index in [-0.39, 0.29) is 12.3 Å². The van der Waals surface area contributed by atoms with Crippen molar-refractivity contribution in [3.8, 4) is 5.75 Å². The topological polar surface area (TPSA) is 65.5 Å². The fraction of sp³-hybridized carbons (Fsp3) is 0.538. The first-order valence-electron chi connectivity index (χ1n) is 6.34. The number of carbonyl (C=O) groups is 1. The first-order valence-corrected chi connectivity index (χ1v) is 6.34. The Morgan fingerprint density at radius 1 is 1.47 bits per heavy atom. The van der Waals surface area contributed by atoms with Gasteiger partial charge in [-0.1, -0.05) is 0 Å². The number of alkyl halides is 1. The standard InChI is InChI=1S/C13H18FN3O2/c14-13(3-5-17(10-18)6-4-13)9-15-7-11-1-2-12(19)8-16-11/h1-2,8,10,15,19H,3-7,9H2. The Morgan fingerprint density at radius 3 is 2.79 bits per heavy atom. The van der Waals surface area contributed by atoms with Gasteiger partial charge in [0.25, 0.3) is 0 Å². The van der Waals surface area contributed by atoms with Gasteiger partial charge in [0.1, 0.15) is 11.4 Å². The first kappa shape index (κ1) is 13.7. The third-order valence-corrected chi connectivity index (χ3v) is 3.40. The van der Waals surface area contributed by atoms with Gasteiger partial charge in [-0.2, -0.15) is 0 Å². The van der Waals surface area contributed by atoms with Crippen molar-refractivity contribution in [2.45, 2.75) is 25.1 Å². The number of likely N-dealkylation sites (tertiary alicyclic amines) is 1. The summed E-state index contributed by atoms with van der Waals surface area (Å²) in [7, 11) is 0. The molecule has 5 nitrogen and oxygen atoms in total. The molecule has 0 unspecified atom stereocenters. The number of hydrogen-bond donors (Lipinski definition) is 2. The smallest absolute Gasteiger partial charge is 0.209 e. The molecule has 2 rings (SSSR count). The summed E-state index contributed by atoms with van der Waals surface area (Å²) in [4.78, 5) is 16.2. The Hall–Kier alpha value is -1.69. The van der Waals surface area contributed by atoms with Crippen LogP contribution < -0.4 is 5.32 Å². The quantitative estimate of drug-likeness (QED) is 0.776. The maximum absolute atomic E-state index is 14.4. The monoisotopic (exact) mass is 267 g/mol. The van der Waals surface area contributed by atoms with Gasteiger partial charge in [-0.3, -0.25) is 9.78 Å². The van der Waals surface area contributed by atoms with E-state index >= 15 is 0 Å². The minimum absolute atomic E-state index is 0.118. The highest BCUT2D eigenvalue weighted by Crippen LogP contribution is 2.25. The highest BCUT2D eigenvalue weighted by atomic mass is 19.1. The molecule has 1 aromatic rings. The van der Waals surface area contributed by atoms with E-state index < -0.39 is 5.67 Å². The molecular weight excluding hydrogens is 249 g/mol. The molecule has 19 heavy (non-hydrogen) atoms. The van der Waals surface area contributed by atoms with Crippen molar-refractivity contribution in [2.75, 3.05) is 19.6 Å². The highest BCUT2D eigenvalue weighted by Gasteiger charge is 2.33. The molecule has 0 saturated carbocycles. The zero-order valence-corrected chi connectivity index (χ0v) is 10.7. The maximum atomic E-state index is 14.4. The number of piperidine rings is 1. The van der Waals surface area contributed by atoms with Crippen molar-refractivity contribution >= 4 is 6.41 Å². The Bertz CT molecular complexity index is 416. The van der Waals surface area contributed by atoms with Gasteiger partial charge >= 0.3 is 0 Å². The second-order valence-corrected chi connectivity index (χ2v) is 4.90. The predicted octanol–water partition coefficient (Wildman–Crippen LogP) is 0.837. The van der Waals surface area contributed by atoms with Crippen LogP contribution in [-0.4, -0.2) is 46.7 Å². The Morgan fingerprint density at radius 2 is 2.21 bits per heavy atom. The molecule has 0 aromatic carbocycles. The fourth-order valence-electron chi connectivity index (χ4n) is 2.14. The molecule has 0 aliphatic carbocycles. The van der Waals surface area contributed by atoms with E-state index in [0.29, 0.717) is 32.5 Å². The number of aromatic nitrogens is 1. The van der Waals surface area contributed by atoms with Gasteiger partial charge in [0.05, 0.1) is 11.9 Å². The molecule has 6 heteroatoms. The number of aromatic hydroxyl groups is 1. The van der Waals surface area contributed by atoms with Crippen LogP contribution in [0.25, 0.3) is 0 Å².